The van der Waals surface area contributed by atoms with Crippen LogP contribution in [0.25, 0.3) is 0 Å². The quantitative estimate of drug-likeness (QED) is 0.697. The van der Waals surface area contributed by atoms with Crippen LogP contribution in [0.15, 0.2) is 24.3 Å². The van der Waals surface area contributed by atoms with E-state index in [-0.39, 0.29) is 6.03 Å². The van der Waals surface area contributed by atoms with E-state index in [0.29, 0.717) is 13.1 Å². The van der Waals surface area contributed by atoms with Gasteiger partial charge in [0.25, 0.3) is 0 Å². The summed E-state index contributed by atoms with van der Waals surface area (Å²) in [6.45, 7) is 16.5. The number of urea groups is 1. The van der Waals surface area contributed by atoms with E-state index in [4.69, 9.17) is 0 Å². The number of rotatable bonds is 9. The van der Waals surface area contributed by atoms with Gasteiger partial charge in [-0.3, -0.25) is 4.90 Å². The van der Waals surface area contributed by atoms with Gasteiger partial charge in [-0.15, -0.1) is 0 Å². The molecule has 1 saturated heterocycles. The molecule has 0 saturated carbocycles. The molecular weight excluding hydrogens is 336 g/mol. The largest absolute Gasteiger partial charge is 0.337 e. The van der Waals surface area contributed by atoms with Crippen LogP contribution in [0.1, 0.15) is 45.2 Å². The zero-order valence-corrected chi connectivity index (χ0v) is 17.6. The van der Waals surface area contributed by atoms with Crippen LogP contribution >= 0.6 is 0 Å². The first-order chi connectivity index (χ1) is 13.0. The number of benzene rings is 1. The van der Waals surface area contributed by atoms with Crippen molar-refractivity contribution in [2.24, 2.45) is 11.8 Å². The molecule has 1 aromatic rings. The van der Waals surface area contributed by atoms with Gasteiger partial charge in [0, 0.05) is 39.3 Å². The van der Waals surface area contributed by atoms with Crippen molar-refractivity contribution in [3.8, 4) is 0 Å². The molecule has 2 N–H and O–H groups in total. The van der Waals surface area contributed by atoms with Gasteiger partial charge in [0.05, 0.1) is 0 Å². The van der Waals surface area contributed by atoms with Gasteiger partial charge in [0.1, 0.15) is 0 Å². The first-order valence-corrected chi connectivity index (χ1v) is 10.5. The average Bonchev–Trinajstić information content (AvgIpc) is 2.64. The molecule has 27 heavy (non-hydrogen) atoms. The van der Waals surface area contributed by atoms with Crippen molar-refractivity contribution in [2.75, 3.05) is 39.3 Å². The lowest BCUT2D eigenvalue weighted by Crippen LogP contribution is -2.44. The molecule has 0 bridgehead atoms. The van der Waals surface area contributed by atoms with Crippen molar-refractivity contribution in [3.05, 3.63) is 35.4 Å². The van der Waals surface area contributed by atoms with Gasteiger partial charge in [-0.05, 0) is 42.5 Å². The summed E-state index contributed by atoms with van der Waals surface area (Å²) in [5.74, 6) is 1.51. The molecule has 1 aliphatic rings. The van der Waals surface area contributed by atoms with E-state index in [2.05, 4.69) is 66.3 Å². The van der Waals surface area contributed by atoms with Crippen molar-refractivity contribution < 1.29 is 4.79 Å². The van der Waals surface area contributed by atoms with Crippen LogP contribution in [-0.4, -0.2) is 55.1 Å². The maximum atomic E-state index is 12.2. The van der Waals surface area contributed by atoms with Crippen LogP contribution in [0.2, 0.25) is 0 Å². The fourth-order valence-corrected chi connectivity index (χ4v) is 4.11. The van der Waals surface area contributed by atoms with Crippen LogP contribution in [0, 0.1) is 11.8 Å². The van der Waals surface area contributed by atoms with Crippen molar-refractivity contribution in [1.82, 2.24) is 20.4 Å². The topological polar surface area (TPSA) is 47.6 Å². The Kier molecular flexibility index (Phi) is 9.08. The zero-order chi connectivity index (χ0) is 19.6. The minimum absolute atomic E-state index is 0.0780. The molecule has 2 rings (SSSR count). The minimum Gasteiger partial charge on any atom is -0.337 e. The van der Waals surface area contributed by atoms with Crippen molar-refractivity contribution >= 4 is 6.03 Å². The van der Waals surface area contributed by atoms with E-state index in [1.165, 1.54) is 17.5 Å². The third-order valence-corrected chi connectivity index (χ3v) is 5.50. The van der Waals surface area contributed by atoms with E-state index in [1.807, 2.05) is 6.07 Å². The van der Waals surface area contributed by atoms with Crippen molar-refractivity contribution in [3.63, 3.8) is 0 Å². The van der Waals surface area contributed by atoms with Crippen LogP contribution < -0.4 is 10.6 Å². The Labute approximate surface area is 165 Å². The Balaban J connectivity index is 1.74. The summed E-state index contributed by atoms with van der Waals surface area (Å²) < 4.78 is 0. The number of hydrogen-bond donors (Lipinski definition) is 2. The highest BCUT2D eigenvalue weighted by Crippen LogP contribution is 2.20. The standard InChI is InChI=1S/C22H38N4O/c1-5-25(6-2)17-21-10-8-7-9-20(21)14-24-22(27)23-11-12-26-15-18(3)13-19(4)16-26/h7-10,18-19H,5-6,11-17H2,1-4H3,(H2,23,24,27). The number of carbonyl (C=O) groups excluding carboxylic acids is 1. The van der Waals surface area contributed by atoms with Gasteiger partial charge in [0.15, 0.2) is 0 Å². The van der Waals surface area contributed by atoms with Gasteiger partial charge < -0.3 is 15.5 Å². The summed E-state index contributed by atoms with van der Waals surface area (Å²) in [6, 6.07) is 8.30. The molecule has 1 aromatic carbocycles. The van der Waals surface area contributed by atoms with Crippen LogP contribution in [0.5, 0.6) is 0 Å². The molecule has 0 aromatic heterocycles. The molecule has 5 nitrogen and oxygen atoms in total. The van der Waals surface area contributed by atoms with Crippen LogP contribution in [0.4, 0.5) is 4.79 Å². The number of amides is 2. The summed E-state index contributed by atoms with van der Waals surface area (Å²) in [6.07, 6.45) is 1.32. The highest BCUT2D eigenvalue weighted by Gasteiger charge is 2.21. The van der Waals surface area contributed by atoms with Crippen LogP contribution in [0.3, 0.4) is 0 Å². The van der Waals surface area contributed by atoms with E-state index in [0.717, 1.165) is 51.1 Å². The molecule has 152 valence electrons. The first kappa shape index (κ1) is 21.7. The summed E-state index contributed by atoms with van der Waals surface area (Å²) in [5, 5.41) is 6.03. The fraction of sp³-hybridized carbons (Fsp3) is 0.682. The van der Waals surface area contributed by atoms with Gasteiger partial charge in [-0.25, -0.2) is 4.79 Å². The minimum atomic E-state index is -0.0780. The molecular formula is C22H38N4O. The smallest absolute Gasteiger partial charge is 0.315 e. The second-order valence-corrected chi connectivity index (χ2v) is 8.05. The van der Waals surface area contributed by atoms with Crippen LogP contribution in [-0.2, 0) is 13.1 Å². The highest BCUT2D eigenvalue weighted by molar-refractivity contribution is 5.73. The maximum absolute atomic E-state index is 12.2. The number of nitrogens with one attached hydrogen (secondary N) is 2. The molecule has 1 aliphatic heterocycles. The zero-order valence-electron chi connectivity index (χ0n) is 17.6. The first-order valence-electron chi connectivity index (χ1n) is 10.5. The van der Waals surface area contributed by atoms with Gasteiger partial charge in [-0.1, -0.05) is 52.0 Å². The van der Waals surface area contributed by atoms with Crippen molar-refractivity contribution in [2.45, 2.75) is 47.2 Å². The molecule has 2 unspecified atom stereocenters. The number of piperidine rings is 1. The Morgan fingerprint density at radius 2 is 1.70 bits per heavy atom. The molecule has 2 amide bonds. The lowest BCUT2D eigenvalue weighted by Gasteiger charge is -2.34. The summed E-state index contributed by atoms with van der Waals surface area (Å²) >= 11 is 0. The normalized spacial score (nSPS) is 20.6. The van der Waals surface area contributed by atoms with Crippen molar-refractivity contribution in [1.29, 1.82) is 0 Å². The molecule has 0 radical (unpaired) electrons. The predicted octanol–water partition coefficient (Wildman–Crippen LogP) is 3.31. The van der Waals surface area contributed by atoms with E-state index in [9.17, 15) is 4.79 Å². The Bertz CT molecular complexity index is 563. The van der Waals surface area contributed by atoms with Gasteiger partial charge >= 0.3 is 6.03 Å². The summed E-state index contributed by atoms with van der Waals surface area (Å²) in [5.41, 5.74) is 2.48. The molecule has 0 spiro atoms. The van der Waals surface area contributed by atoms with Gasteiger partial charge in [-0.2, -0.15) is 0 Å². The lowest BCUT2D eigenvalue weighted by atomic mass is 9.92. The Morgan fingerprint density at radius 3 is 2.33 bits per heavy atom. The Morgan fingerprint density at radius 1 is 1.07 bits per heavy atom. The second kappa shape index (κ2) is 11.3. The van der Waals surface area contributed by atoms with E-state index >= 15 is 0 Å². The lowest BCUT2D eigenvalue weighted by molar-refractivity contribution is 0.142. The molecule has 1 fully saturated rings. The third-order valence-electron chi connectivity index (χ3n) is 5.50. The highest BCUT2D eigenvalue weighted by atomic mass is 16.2. The number of hydrogen-bond acceptors (Lipinski definition) is 3. The average molecular weight is 375 g/mol. The molecule has 0 aliphatic carbocycles. The van der Waals surface area contributed by atoms with E-state index < -0.39 is 0 Å². The molecule has 5 heteroatoms. The SMILES string of the molecule is CCN(CC)Cc1ccccc1CNC(=O)NCCN1CC(C)CC(C)C1. The predicted molar refractivity (Wildman–Crippen MR) is 113 cm³/mol. The van der Waals surface area contributed by atoms with E-state index in [1.54, 1.807) is 0 Å². The maximum Gasteiger partial charge on any atom is 0.315 e. The monoisotopic (exact) mass is 374 g/mol. The molecule has 1 heterocycles. The number of nitrogens with zero attached hydrogens (tertiary/aromatic N) is 2. The third kappa shape index (κ3) is 7.51. The number of likely N-dealkylation sites (tertiary alicyclic amines) is 1. The molecule has 2 atom stereocenters. The summed E-state index contributed by atoms with van der Waals surface area (Å²) in [4.78, 5) is 17.0. The Hall–Kier alpha value is -1.59. The van der Waals surface area contributed by atoms with Gasteiger partial charge in [0.2, 0.25) is 0 Å². The summed E-state index contributed by atoms with van der Waals surface area (Å²) in [7, 11) is 0. The second-order valence-electron chi connectivity index (χ2n) is 8.05. The fourth-order valence-electron chi connectivity index (χ4n) is 4.11. The number of carbonyl (C=O) groups is 1.